The Morgan fingerprint density at radius 2 is 2.36 bits per heavy atom. The van der Waals surface area contributed by atoms with Crippen LogP contribution in [-0.4, -0.2) is 41.1 Å². The molecule has 0 aliphatic carbocycles. The van der Waals surface area contributed by atoms with Crippen molar-refractivity contribution in [2.75, 3.05) is 13.1 Å². The minimum absolute atomic E-state index is 0.162. The highest BCUT2D eigenvalue weighted by Crippen LogP contribution is 2.17. The molecule has 0 aromatic heterocycles. The fourth-order valence-corrected chi connectivity index (χ4v) is 1.93. The van der Waals surface area contributed by atoms with Crippen LogP contribution in [0, 0.1) is 0 Å². The number of amides is 1. The summed E-state index contributed by atoms with van der Waals surface area (Å²) < 4.78 is 0. The number of piperidine rings is 1. The lowest BCUT2D eigenvalue weighted by Gasteiger charge is -2.34. The van der Waals surface area contributed by atoms with E-state index in [1.165, 1.54) is 0 Å². The van der Waals surface area contributed by atoms with E-state index < -0.39 is 0 Å². The van der Waals surface area contributed by atoms with E-state index in [1.54, 1.807) is 0 Å². The van der Waals surface area contributed by atoms with Gasteiger partial charge in [0.2, 0.25) is 5.91 Å². The van der Waals surface area contributed by atoms with Crippen molar-refractivity contribution in [3.8, 4) is 0 Å². The number of aliphatic hydroxyl groups excluding tert-OH is 1. The fraction of sp³-hybridized carbons (Fsp3) is 0.900. The zero-order chi connectivity index (χ0) is 10.6. The Kier molecular flexibility index (Phi) is 4.35. The van der Waals surface area contributed by atoms with Gasteiger partial charge in [-0.2, -0.15) is 0 Å². The molecule has 0 saturated carbocycles. The molecular weight excluding hydrogens is 180 g/mol. The summed E-state index contributed by atoms with van der Waals surface area (Å²) in [5.74, 6) is -0.256. The molecule has 14 heavy (non-hydrogen) atoms. The fourth-order valence-electron chi connectivity index (χ4n) is 1.93. The van der Waals surface area contributed by atoms with Gasteiger partial charge in [0.05, 0.1) is 12.1 Å². The van der Waals surface area contributed by atoms with Crippen molar-refractivity contribution >= 4 is 5.91 Å². The molecule has 1 aliphatic heterocycles. The molecule has 0 aromatic carbocycles. The van der Waals surface area contributed by atoms with Gasteiger partial charge in [-0.25, -0.2) is 0 Å². The number of β-amino-alcohol motifs (C(OH)–C–C–N with tert-alkyl or cyclic N) is 1. The Bertz CT molecular complexity index is 197. The number of aliphatic hydroxyl groups is 1. The van der Waals surface area contributed by atoms with E-state index in [0.29, 0.717) is 6.54 Å². The van der Waals surface area contributed by atoms with E-state index in [-0.39, 0.29) is 18.1 Å². The maximum absolute atomic E-state index is 11.1. The van der Waals surface area contributed by atoms with Crippen LogP contribution in [0.25, 0.3) is 0 Å². The van der Waals surface area contributed by atoms with Crippen LogP contribution < -0.4 is 5.73 Å². The second kappa shape index (κ2) is 5.32. The molecule has 1 aliphatic rings. The van der Waals surface area contributed by atoms with Crippen LogP contribution in [0.4, 0.5) is 0 Å². The minimum atomic E-state index is -0.338. The molecule has 1 fully saturated rings. The van der Waals surface area contributed by atoms with Gasteiger partial charge in [0.15, 0.2) is 0 Å². The van der Waals surface area contributed by atoms with Crippen molar-refractivity contribution < 1.29 is 9.90 Å². The van der Waals surface area contributed by atoms with Crippen LogP contribution in [-0.2, 0) is 4.79 Å². The largest absolute Gasteiger partial charge is 0.392 e. The topological polar surface area (TPSA) is 66.6 Å². The molecule has 2 unspecified atom stereocenters. The standard InChI is InChI=1S/C10H20N2O2/c1-2-8(13)7-12-6-4-3-5-9(12)10(11)14/h8-9,13H,2-7H2,1H3,(H2,11,14). The maximum Gasteiger partial charge on any atom is 0.234 e. The van der Waals surface area contributed by atoms with Crippen LogP contribution >= 0.6 is 0 Å². The quantitative estimate of drug-likeness (QED) is 0.676. The molecule has 4 nitrogen and oxygen atoms in total. The van der Waals surface area contributed by atoms with Crippen LogP contribution in [0.15, 0.2) is 0 Å². The number of carbonyl (C=O) groups is 1. The smallest absolute Gasteiger partial charge is 0.234 e. The Balaban J connectivity index is 2.49. The SMILES string of the molecule is CCC(O)CN1CCCCC1C(N)=O. The molecule has 82 valence electrons. The number of hydrogen-bond donors (Lipinski definition) is 2. The predicted molar refractivity (Wildman–Crippen MR) is 54.7 cm³/mol. The first-order valence-corrected chi connectivity index (χ1v) is 5.36. The van der Waals surface area contributed by atoms with E-state index in [4.69, 9.17) is 5.73 Å². The van der Waals surface area contributed by atoms with E-state index >= 15 is 0 Å². The van der Waals surface area contributed by atoms with Gasteiger partial charge in [0.25, 0.3) is 0 Å². The van der Waals surface area contributed by atoms with Crippen molar-refractivity contribution in [2.45, 2.75) is 44.8 Å². The highest BCUT2D eigenvalue weighted by Gasteiger charge is 2.27. The maximum atomic E-state index is 11.1. The lowest BCUT2D eigenvalue weighted by atomic mass is 10.0. The summed E-state index contributed by atoms with van der Waals surface area (Å²) in [6, 6.07) is -0.162. The molecule has 0 radical (unpaired) electrons. The lowest BCUT2D eigenvalue weighted by Crippen LogP contribution is -2.50. The summed E-state index contributed by atoms with van der Waals surface area (Å²) in [6.07, 6.45) is 3.38. The Labute approximate surface area is 85.1 Å². The average Bonchev–Trinajstić information content (AvgIpc) is 2.18. The number of likely N-dealkylation sites (tertiary alicyclic amines) is 1. The first-order chi connectivity index (χ1) is 6.65. The lowest BCUT2D eigenvalue weighted by molar-refractivity contribution is -0.125. The monoisotopic (exact) mass is 200 g/mol. The van der Waals surface area contributed by atoms with Crippen LogP contribution in [0.3, 0.4) is 0 Å². The van der Waals surface area contributed by atoms with Crippen molar-refractivity contribution in [3.05, 3.63) is 0 Å². The van der Waals surface area contributed by atoms with Crippen LogP contribution in [0.5, 0.6) is 0 Å². The van der Waals surface area contributed by atoms with Crippen LogP contribution in [0.2, 0.25) is 0 Å². The van der Waals surface area contributed by atoms with Gasteiger partial charge in [-0.3, -0.25) is 9.69 Å². The van der Waals surface area contributed by atoms with Gasteiger partial charge in [0, 0.05) is 6.54 Å². The van der Waals surface area contributed by atoms with Gasteiger partial charge in [-0.05, 0) is 25.8 Å². The Morgan fingerprint density at radius 3 is 2.93 bits per heavy atom. The third-order valence-electron chi connectivity index (χ3n) is 2.86. The van der Waals surface area contributed by atoms with Gasteiger partial charge in [-0.15, -0.1) is 0 Å². The minimum Gasteiger partial charge on any atom is -0.392 e. The van der Waals surface area contributed by atoms with Crippen molar-refractivity contribution in [2.24, 2.45) is 5.73 Å². The second-order valence-electron chi connectivity index (χ2n) is 3.97. The first-order valence-electron chi connectivity index (χ1n) is 5.36. The zero-order valence-corrected chi connectivity index (χ0v) is 8.78. The normalized spacial score (nSPS) is 26.0. The highest BCUT2D eigenvalue weighted by atomic mass is 16.3. The summed E-state index contributed by atoms with van der Waals surface area (Å²) in [5, 5.41) is 9.52. The molecule has 1 rings (SSSR count). The summed E-state index contributed by atoms with van der Waals surface area (Å²) in [5.41, 5.74) is 5.31. The third kappa shape index (κ3) is 2.96. The summed E-state index contributed by atoms with van der Waals surface area (Å²) in [7, 11) is 0. The number of nitrogens with zero attached hydrogens (tertiary/aromatic N) is 1. The van der Waals surface area contributed by atoms with Gasteiger partial charge >= 0.3 is 0 Å². The molecule has 2 atom stereocenters. The van der Waals surface area contributed by atoms with Crippen molar-refractivity contribution in [3.63, 3.8) is 0 Å². The highest BCUT2D eigenvalue weighted by molar-refractivity contribution is 5.79. The number of hydrogen-bond acceptors (Lipinski definition) is 3. The number of primary amides is 1. The van der Waals surface area contributed by atoms with E-state index in [9.17, 15) is 9.90 Å². The van der Waals surface area contributed by atoms with E-state index in [1.807, 2.05) is 11.8 Å². The number of carbonyl (C=O) groups excluding carboxylic acids is 1. The van der Waals surface area contributed by atoms with Gasteiger partial charge in [-0.1, -0.05) is 13.3 Å². The van der Waals surface area contributed by atoms with Crippen LogP contribution in [0.1, 0.15) is 32.6 Å². The molecule has 1 heterocycles. The molecule has 0 aromatic rings. The van der Waals surface area contributed by atoms with Gasteiger partial charge in [0.1, 0.15) is 0 Å². The van der Waals surface area contributed by atoms with Crippen molar-refractivity contribution in [1.29, 1.82) is 0 Å². The predicted octanol–water partition coefficient (Wildman–Crippen LogP) is 0.0971. The second-order valence-corrected chi connectivity index (χ2v) is 3.97. The molecule has 0 spiro atoms. The Hall–Kier alpha value is -0.610. The van der Waals surface area contributed by atoms with E-state index in [2.05, 4.69) is 0 Å². The third-order valence-corrected chi connectivity index (χ3v) is 2.86. The summed E-state index contributed by atoms with van der Waals surface area (Å²) >= 11 is 0. The molecule has 4 heteroatoms. The average molecular weight is 200 g/mol. The molecule has 1 saturated heterocycles. The first kappa shape index (κ1) is 11.5. The van der Waals surface area contributed by atoms with Crippen molar-refractivity contribution in [1.82, 2.24) is 4.90 Å². The molecule has 0 bridgehead atoms. The van der Waals surface area contributed by atoms with Gasteiger partial charge < -0.3 is 10.8 Å². The summed E-state index contributed by atoms with van der Waals surface area (Å²) in [6.45, 7) is 3.39. The molecule has 3 N–H and O–H groups in total. The Morgan fingerprint density at radius 1 is 1.64 bits per heavy atom. The zero-order valence-electron chi connectivity index (χ0n) is 8.78. The summed E-state index contributed by atoms with van der Waals surface area (Å²) in [4.78, 5) is 13.1. The number of nitrogens with two attached hydrogens (primary N) is 1. The number of rotatable bonds is 4. The molecular formula is C10H20N2O2. The van der Waals surface area contributed by atoms with E-state index in [0.717, 1.165) is 32.2 Å². The molecule has 1 amide bonds.